The number of amides is 1. The molecule has 2 fully saturated rings. The van der Waals surface area contributed by atoms with Crippen molar-refractivity contribution in [2.24, 2.45) is 0 Å². The van der Waals surface area contributed by atoms with E-state index >= 15 is 0 Å². The summed E-state index contributed by atoms with van der Waals surface area (Å²) in [5, 5.41) is 3.30. The van der Waals surface area contributed by atoms with Gasteiger partial charge in [-0.2, -0.15) is 0 Å². The van der Waals surface area contributed by atoms with Crippen LogP contribution in [0, 0.1) is 0 Å². The van der Waals surface area contributed by atoms with Crippen molar-refractivity contribution in [3.8, 4) is 0 Å². The van der Waals surface area contributed by atoms with E-state index in [2.05, 4.69) is 22.1 Å². The van der Waals surface area contributed by atoms with Crippen LogP contribution in [0.3, 0.4) is 0 Å². The third kappa shape index (κ3) is 4.03. The molecule has 0 aliphatic carbocycles. The molecule has 2 saturated heterocycles. The van der Waals surface area contributed by atoms with Crippen LogP contribution in [0.4, 0.5) is 5.82 Å². The van der Waals surface area contributed by atoms with Gasteiger partial charge in [0.05, 0.1) is 5.56 Å². The monoisotopic (exact) mass is 346 g/mol. The van der Waals surface area contributed by atoms with E-state index in [1.165, 1.54) is 12.8 Å². The summed E-state index contributed by atoms with van der Waals surface area (Å²) in [6.07, 6.45) is 4.20. The average Bonchev–Trinajstić information content (AvgIpc) is 3.01. The smallest absolute Gasteiger partial charge is 0.255 e. The number of anilines is 1. The zero-order valence-electron chi connectivity index (χ0n) is 12.8. The third-order valence-corrected chi connectivity index (χ3v) is 4.19. The highest BCUT2D eigenvalue weighted by molar-refractivity contribution is 5.94. The first-order valence-electron chi connectivity index (χ1n) is 7.48. The molecule has 124 valence electrons. The maximum Gasteiger partial charge on any atom is 0.255 e. The van der Waals surface area contributed by atoms with Gasteiger partial charge < -0.3 is 15.1 Å². The number of pyridine rings is 1. The Morgan fingerprint density at radius 3 is 2.55 bits per heavy atom. The predicted octanol–water partition coefficient (Wildman–Crippen LogP) is 1.96. The van der Waals surface area contributed by atoms with Gasteiger partial charge >= 0.3 is 0 Å². The SMILES string of the molecule is C[C@H]1CNCCN1C(=O)c1ccc(N2CCCC2)nc1.Cl.Cl. The molecule has 1 aromatic rings. The van der Waals surface area contributed by atoms with Gasteiger partial charge in [0.25, 0.3) is 5.91 Å². The maximum atomic E-state index is 12.5. The lowest BCUT2D eigenvalue weighted by molar-refractivity contribution is 0.0655. The van der Waals surface area contributed by atoms with Crippen molar-refractivity contribution in [2.45, 2.75) is 25.8 Å². The Balaban J connectivity index is 0.00000121. The van der Waals surface area contributed by atoms with Crippen molar-refractivity contribution >= 4 is 36.5 Å². The van der Waals surface area contributed by atoms with E-state index in [0.29, 0.717) is 5.56 Å². The van der Waals surface area contributed by atoms with Gasteiger partial charge in [-0.25, -0.2) is 4.98 Å². The topological polar surface area (TPSA) is 48.5 Å². The third-order valence-electron chi connectivity index (χ3n) is 4.19. The number of carbonyl (C=O) groups is 1. The molecule has 0 saturated carbocycles. The number of carbonyl (C=O) groups excluding carboxylic acids is 1. The van der Waals surface area contributed by atoms with E-state index in [9.17, 15) is 4.79 Å². The van der Waals surface area contributed by atoms with E-state index < -0.39 is 0 Å². The van der Waals surface area contributed by atoms with Gasteiger partial charge in [-0.05, 0) is 31.9 Å². The molecule has 0 unspecified atom stereocenters. The molecule has 0 bridgehead atoms. The second kappa shape index (κ2) is 8.56. The van der Waals surface area contributed by atoms with E-state index in [4.69, 9.17) is 0 Å². The summed E-state index contributed by atoms with van der Waals surface area (Å²) in [5.74, 6) is 1.09. The molecule has 7 heteroatoms. The number of halogens is 2. The van der Waals surface area contributed by atoms with Crippen molar-refractivity contribution in [2.75, 3.05) is 37.6 Å². The molecule has 1 aromatic heterocycles. The molecule has 3 rings (SSSR count). The minimum Gasteiger partial charge on any atom is -0.357 e. The van der Waals surface area contributed by atoms with Crippen LogP contribution >= 0.6 is 24.8 Å². The first-order chi connectivity index (χ1) is 9.75. The lowest BCUT2D eigenvalue weighted by Gasteiger charge is -2.34. The Kier molecular flexibility index (Phi) is 7.39. The number of piperazine rings is 1. The Bertz CT molecular complexity index is 477. The standard InChI is InChI=1S/C15H22N4O.2ClH/c1-12-10-16-6-9-19(12)15(20)13-4-5-14(17-11-13)18-7-2-3-8-18;;/h4-5,11-12,16H,2-3,6-10H2,1H3;2*1H/t12-;;/m0../s1. The van der Waals surface area contributed by atoms with Gasteiger partial charge in [-0.1, -0.05) is 0 Å². The number of hydrogen-bond donors (Lipinski definition) is 1. The first-order valence-corrected chi connectivity index (χ1v) is 7.48. The van der Waals surface area contributed by atoms with Crippen LogP contribution in [0.2, 0.25) is 0 Å². The van der Waals surface area contributed by atoms with Crippen LogP contribution in [-0.4, -0.2) is 54.6 Å². The summed E-state index contributed by atoms with van der Waals surface area (Å²) >= 11 is 0. The average molecular weight is 347 g/mol. The summed E-state index contributed by atoms with van der Waals surface area (Å²) in [6, 6.07) is 4.14. The summed E-state index contributed by atoms with van der Waals surface area (Å²) < 4.78 is 0. The Morgan fingerprint density at radius 1 is 1.23 bits per heavy atom. The molecule has 1 atom stereocenters. The molecular weight excluding hydrogens is 323 g/mol. The quantitative estimate of drug-likeness (QED) is 0.889. The van der Waals surface area contributed by atoms with Crippen LogP contribution < -0.4 is 10.2 Å². The van der Waals surface area contributed by atoms with Crippen molar-refractivity contribution in [1.29, 1.82) is 0 Å². The summed E-state index contributed by atoms with van der Waals surface area (Å²) in [7, 11) is 0. The normalized spacial score (nSPS) is 21.0. The molecule has 0 radical (unpaired) electrons. The number of nitrogens with zero attached hydrogens (tertiary/aromatic N) is 3. The number of aromatic nitrogens is 1. The Hall–Kier alpha value is -1.04. The fraction of sp³-hybridized carbons (Fsp3) is 0.600. The lowest BCUT2D eigenvalue weighted by Crippen LogP contribution is -2.52. The zero-order valence-corrected chi connectivity index (χ0v) is 14.5. The van der Waals surface area contributed by atoms with Gasteiger partial charge in [-0.3, -0.25) is 4.79 Å². The van der Waals surface area contributed by atoms with Crippen LogP contribution in [0.15, 0.2) is 18.3 Å². The minimum absolute atomic E-state index is 0. The number of hydrogen-bond acceptors (Lipinski definition) is 4. The molecular formula is C15H24Cl2N4O. The van der Waals surface area contributed by atoms with Crippen molar-refractivity contribution in [1.82, 2.24) is 15.2 Å². The van der Waals surface area contributed by atoms with E-state index in [-0.39, 0.29) is 36.8 Å². The zero-order chi connectivity index (χ0) is 13.9. The van der Waals surface area contributed by atoms with Gasteiger partial charge in [-0.15, -0.1) is 24.8 Å². The van der Waals surface area contributed by atoms with E-state index in [1.807, 2.05) is 17.0 Å². The molecule has 3 heterocycles. The molecule has 5 nitrogen and oxygen atoms in total. The Labute approximate surface area is 144 Å². The van der Waals surface area contributed by atoms with Crippen LogP contribution in [-0.2, 0) is 0 Å². The second-order valence-electron chi connectivity index (χ2n) is 5.65. The number of rotatable bonds is 2. The maximum absolute atomic E-state index is 12.5. The van der Waals surface area contributed by atoms with Crippen LogP contribution in [0.5, 0.6) is 0 Å². The number of nitrogens with one attached hydrogen (secondary N) is 1. The highest BCUT2D eigenvalue weighted by Crippen LogP contribution is 2.18. The van der Waals surface area contributed by atoms with Crippen molar-refractivity contribution < 1.29 is 4.79 Å². The molecule has 1 amide bonds. The largest absolute Gasteiger partial charge is 0.357 e. The van der Waals surface area contributed by atoms with Crippen molar-refractivity contribution in [3.63, 3.8) is 0 Å². The Morgan fingerprint density at radius 2 is 1.95 bits per heavy atom. The molecule has 22 heavy (non-hydrogen) atoms. The molecule has 1 N–H and O–H groups in total. The highest BCUT2D eigenvalue weighted by Gasteiger charge is 2.24. The molecule has 2 aliphatic heterocycles. The molecule has 0 spiro atoms. The minimum atomic E-state index is 0. The summed E-state index contributed by atoms with van der Waals surface area (Å²) in [4.78, 5) is 21.2. The highest BCUT2D eigenvalue weighted by atomic mass is 35.5. The lowest BCUT2D eigenvalue weighted by atomic mass is 10.1. The molecule has 0 aromatic carbocycles. The van der Waals surface area contributed by atoms with Gasteiger partial charge in [0.1, 0.15) is 5.82 Å². The summed E-state index contributed by atoms with van der Waals surface area (Å²) in [6.45, 7) is 6.74. The predicted molar refractivity (Wildman–Crippen MR) is 93.5 cm³/mol. The van der Waals surface area contributed by atoms with Crippen LogP contribution in [0.25, 0.3) is 0 Å². The van der Waals surface area contributed by atoms with Crippen molar-refractivity contribution in [3.05, 3.63) is 23.9 Å². The fourth-order valence-electron chi connectivity index (χ4n) is 2.95. The fourth-order valence-corrected chi connectivity index (χ4v) is 2.95. The molecule has 2 aliphatic rings. The van der Waals surface area contributed by atoms with Gasteiger partial charge in [0.2, 0.25) is 0 Å². The first kappa shape index (κ1) is 19.0. The van der Waals surface area contributed by atoms with Gasteiger partial charge in [0, 0.05) is 45.0 Å². The second-order valence-corrected chi connectivity index (χ2v) is 5.65. The summed E-state index contributed by atoms with van der Waals surface area (Å²) in [5.41, 5.74) is 0.696. The van der Waals surface area contributed by atoms with Gasteiger partial charge in [0.15, 0.2) is 0 Å². The van der Waals surface area contributed by atoms with E-state index in [0.717, 1.165) is 38.5 Å². The van der Waals surface area contributed by atoms with E-state index in [1.54, 1.807) is 6.20 Å². The van der Waals surface area contributed by atoms with Crippen LogP contribution in [0.1, 0.15) is 30.1 Å².